The van der Waals surface area contributed by atoms with E-state index in [0.717, 1.165) is 18.3 Å². The summed E-state index contributed by atoms with van der Waals surface area (Å²) < 4.78 is 0. The topological polar surface area (TPSA) is 32.3 Å². The Balaban J connectivity index is 1.85. The van der Waals surface area contributed by atoms with Crippen molar-refractivity contribution in [3.63, 3.8) is 0 Å². The number of rotatable bonds is 2. The summed E-state index contributed by atoms with van der Waals surface area (Å²) in [5.41, 5.74) is 0. The van der Waals surface area contributed by atoms with Gasteiger partial charge in [0.2, 0.25) is 0 Å². The van der Waals surface area contributed by atoms with Gasteiger partial charge in [-0.1, -0.05) is 13.8 Å². The minimum atomic E-state index is -0.0851. The average molecular weight is 197 g/mol. The molecule has 14 heavy (non-hydrogen) atoms. The molecule has 0 radical (unpaired) electrons. The zero-order valence-corrected chi connectivity index (χ0v) is 9.37. The molecule has 0 saturated heterocycles. The molecule has 2 heteroatoms. The Kier molecular flexibility index (Phi) is 3.13. The van der Waals surface area contributed by atoms with Crippen molar-refractivity contribution in [2.45, 2.75) is 64.1 Å². The molecule has 2 aliphatic carbocycles. The van der Waals surface area contributed by atoms with Crippen molar-refractivity contribution in [3.05, 3.63) is 0 Å². The van der Waals surface area contributed by atoms with Gasteiger partial charge in [0.1, 0.15) is 0 Å². The first-order valence-corrected chi connectivity index (χ1v) is 6.12. The second-order valence-electron chi connectivity index (χ2n) is 5.29. The van der Waals surface area contributed by atoms with E-state index in [1.165, 1.54) is 25.7 Å². The third-order valence-corrected chi connectivity index (χ3v) is 4.37. The first-order valence-electron chi connectivity index (χ1n) is 6.12. The highest BCUT2D eigenvalue weighted by atomic mass is 16.3. The van der Waals surface area contributed by atoms with Crippen LogP contribution in [0.3, 0.4) is 0 Å². The van der Waals surface area contributed by atoms with Crippen molar-refractivity contribution >= 4 is 0 Å². The van der Waals surface area contributed by atoms with E-state index in [4.69, 9.17) is 0 Å². The van der Waals surface area contributed by atoms with Crippen LogP contribution in [-0.2, 0) is 0 Å². The number of hydrogen-bond donors (Lipinski definition) is 2. The Morgan fingerprint density at radius 2 is 1.79 bits per heavy atom. The molecule has 82 valence electrons. The van der Waals surface area contributed by atoms with Crippen molar-refractivity contribution in [2.24, 2.45) is 11.8 Å². The fraction of sp³-hybridized carbons (Fsp3) is 1.00. The van der Waals surface area contributed by atoms with E-state index in [1.807, 2.05) is 0 Å². The standard InChI is InChI=1S/C12H23NO/c1-8-6-7-10(9(8)2)13-11-4-3-5-12(11)14/h8-14H,3-7H2,1-2H3/t8?,9?,10?,11-,12-/m1/s1. The average Bonchev–Trinajstić information content (AvgIpc) is 2.68. The molecular formula is C12H23NO. The van der Waals surface area contributed by atoms with Gasteiger partial charge in [0.15, 0.2) is 0 Å². The van der Waals surface area contributed by atoms with E-state index in [9.17, 15) is 5.11 Å². The Hall–Kier alpha value is -0.0800. The Labute approximate surface area is 87.1 Å². The highest BCUT2D eigenvalue weighted by molar-refractivity contribution is 4.91. The summed E-state index contributed by atoms with van der Waals surface area (Å²) in [6.07, 6.45) is 5.91. The molecule has 5 atom stereocenters. The van der Waals surface area contributed by atoms with Crippen LogP contribution in [0.15, 0.2) is 0 Å². The Morgan fingerprint density at radius 3 is 2.29 bits per heavy atom. The van der Waals surface area contributed by atoms with Gasteiger partial charge in [-0.05, 0) is 43.9 Å². The van der Waals surface area contributed by atoms with Crippen LogP contribution in [0, 0.1) is 11.8 Å². The molecule has 2 aliphatic rings. The molecule has 0 aliphatic heterocycles. The van der Waals surface area contributed by atoms with Gasteiger partial charge in [0, 0.05) is 12.1 Å². The van der Waals surface area contributed by atoms with Crippen molar-refractivity contribution in [3.8, 4) is 0 Å². The highest BCUT2D eigenvalue weighted by Gasteiger charge is 2.34. The molecule has 2 N–H and O–H groups in total. The van der Waals surface area contributed by atoms with E-state index in [0.29, 0.717) is 12.1 Å². The normalized spacial score (nSPS) is 48.6. The predicted molar refractivity (Wildman–Crippen MR) is 58.1 cm³/mol. The molecule has 0 spiro atoms. The zero-order valence-electron chi connectivity index (χ0n) is 9.37. The van der Waals surface area contributed by atoms with Crippen LogP contribution >= 0.6 is 0 Å². The largest absolute Gasteiger partial charge is 0.392 e. The van der Waals surface area contributed by atoms with Crippen LogP contribution in [0.2, 0.25) is 0 Å². The second-order valence-corrected chi connectivity index (χ2v) is 5.29. The summed E-state index contributed by atoms with van der Waals surface area (Å²) in [5.74, 6) is 1.63. The molecule has 0 aromatic carbocycles. The van der Waals surface area contributed by atoms with Crippen LogP contribution in [0.5, 0.6) is 0 Å². The van der Waals surface area contributed by atoms with Crippen LogP contribution < -0.4 is 5.32 Å². The van der Waals surface area contributed by atoms with Gasteiger partial charge in [0.05, 0.1) is 6.10 Å². The molecular weight excluding hydrogens is 174 g/mol. The van der Waals surface area contributed by atoms with Crippen LogP contribution in [-0.4, -0.2) is 23.3 Å². The van der Waals surface area contributed by atoms with Crippen molar-refractivity contribution < 1.29 is 5.11 Å². The molecule has 0 aromatic rings. The van der Waals surface area contributed by atoms with E-state index in [1.54, 1.807) is 0 Å². The van der Waals surface area contributed by atoms with E-state index in [-0.39, 0.29) is 6.10 Å². The first kappa shape index (κ1) is 10.4. The minimum Gasteiger partial charge on any atom is -0.392 e. The van der Waals surface area contributed by atoms with Crippen molar-refractivity contribution in [1.82, 2.24) is 5.32 Å². The number of nitrogens with one attached hydrogen (secondary N) is 1. The van der Waals surface area contributed by atoms with Gasteiger partial charge in [0.25, 0.3) is 0 Å². The molecule has 2 rings (SSSR count). The lowest BCUT2D eigenvalue weighted by molar-refractivity contribution is 0.138. The summed E-state index contributed by atoms with van der Waals surface area (Å²) in [7, 11) is 0. The number of aliphatic hydroxyl groups is 1. The molecule has 0 aromatic heterocycles. The molecule has 3 unspecified atom stereocenters. The molecule has 0 amide bonds. The zero-order chi connectivity index (χ0) is 10.1. The fourth-order valence-electron chi connectivity index (χ4n) is 3.01. The van der Waals surface area contributed by atoms with Crippen molar-refractivity contribution in [2.75, 3.05) is 0 Å². The van der Waals surface area contributed by atoms with Crippen LogP contribution in [0.4, 0.5) is 0 Å². The molecule has 0 bridgehead atoms. The van der Waals surface area contributed by atoms with E-state index >= 15 is 0 Å². The van der Waals surface area contributed by atoms with Gasteiger partial charge in [-0.3, -0.25) is 0 Å². The lowest BCUT2D eigenvalue weighted by Crippen LogP contribution is -2.44. The summed E-state index contributed by atoms with van der Waals surface area (Å²) in [5, 5.41) is 13.4. The maximum atomic E-state index is 9.74. The number of hydrogen-bond acceptors (Lipinski definition) is 2. The predicted octanol–water partition coefficient (Wildman–Crippen LogP) is 1.92. The second kappa shape index (κ2) is 4.19. The van der Waals surface area contributed by atoms with Gasteiger partial charge in [-0.2, -0.15) is 0 Å². The van der Waals surface area contributed by atoms with E-state index < -0.39 is 0 Å². The number of aliphatic hydroxyl groups excluding tert-OH is 1. The minimum absolute atomic E-state index is 0.0851. The van der Waals surface area contributed by atoms with Gasteiger partial charge >= 0.3 is 0 Å². The highest BCUT2D eigenvalue weighted by Crippen LogP contribution is 2.32. The monoisotopic (exact) mass is 197 g/mol. The first-order chi connectivity index (χ1) is 6.68. The third kappa shape index (κ3) is 1.96. The van der Waals surface area contributed by atoms with Crippen molar-refractivity contribution in [1.29, 1.82) is 0 Å². The van der Waals surface area contributed by atoms with Gasteiger partial charge < -0.3 is 10.4 Å². The van der Waals surface area contributed by atoms with Gasteiger partial charge in [-0.15, -0.1) is 0 Å². The lowest BCUT2D eigenvalue weighted by Gasteiger charge is -2.25. The molecule has 2 saturated carbocycles. The van der Waals surface area contributed by atoms with Crippen LogP contribution in [0.25, 0.3) is 0 Å². The fourth-order valence-corrected chi connectivity index (χ4v) is 3.01. The third-order valence-electron chi connectivity index (χ3n) is 4.37. The quantitative estimate of drug-likeness (QED) is 0.709. The maximum absolute atomic E-state index is 9.74. The summed E-state index contributed by atoms with van der Waals surface area (Å²) >= 11 is 0. The summed E-state index contributed by atoms with van der Waals surface area (Å²) in [6, 6.07) is 1.04. The molecule has 2 nitrogen and oxygen atoms in total. The lowest BCUT2D eigenvalue weighted by atomic mass is 9.97. The Morgan fingerprint density at radius 1 is 1.00 bits per heavy atom. The summed E-state index contributed by atoms with van der Waals surface area (Å²) in [4.78, 5) is 0. The maximum Gasteiger partial charge on any atom is 0.0693 e. The SMILES string of the molecule is CC1CCC(N[C@@H]2CCC[C@H]2O)C1C. The van der Waals surface area contributed by atoms with Crippen LogP contribution in [0.1, 0.15) is 46.0 Å². The summed E-state index contributed by atoms with van der Waals surface area (Å²) in [6.45, 7) is 4.69. The molecule has 0 heterocycles. The van der Waals surface area contributed by atoms with E-state index in [2.05, 4.69) is 19.2 Å². The Bertz CT molecular complexity index is 195. The van der Waals surface area contributed by atoms with Gasteiger partial charge in [-0.25, -0.2) is 0 Å². The smallest absolute Gasteiger partial charge is 0.0693 e. The molecule has 2 fully saturated rings.